The van der Waals surface area contributed by atoms with Crippen molar-refractivity contribution in [3.8, 4) is 17.0 Å². The Kier molecular flexibility index (Phi) is 6.11. The van der Waals surface area contributed by atoms with Crippen LogP contribution in [-0.4, -0.2) is 22.8 Å². The van der Waals surface area contributed by atoms with E-state index in [4.69, 9.17) is 16.3 Å². The maximum atomic E-state index is 12.3. The lowest BCUT2D eigenvalue weighted by Crippen LogP contribution is -2.33. The number of rotatable bonds is 6. The lowest BCUT2D eigenvalue weighted by atomic mass is 10.1. The molecule has 1 heterocycles. The number of ether oxygens (including phenoxy) is 1. The van der Waals surface area contributed by atoms with E-state index in [0.717, 1.165) is 27.1 Å². The zero-order valence-corrected chi connectivity index (χ0v) is 16.4. The Labute approximate surface area is 167 Å². The van der Waals surface area contributed by atoms with Crippen molar-refractivity contribution in [1.82, 2.24) is 15.1 Å². The summed E-state index contributed by atoms with van der Waals surface area (Å²) in [5.74, 6) is 0.452. The number of hydrogen-bond donors (Lipinski definition) is 1. The van der Waals surface area contributed by atoms with E-state index in [0.29, 0.717) is 10.7 Å². The van der Waals surface area contributed by atoms with E-state index in [-0.39, 0.29) is 24.6 Å². The number of aryl methyl sites for hydroxylation is 1. The summed E-state index contributed by atoms with van der Waals surface area (Å²) in [5, 5.41) is 7.67. The second kappa shape index (κ2) is 8.71. The van der Waals surface area contributed by atoms with Gasteiger partial charge in [-0.3, -0.25) is 9.59 Å². The van der Waals surface area contributed by atoms with Gasteiger partial charge >= 0.3 is 0 Å². The first-order chi connectivity index (χ1) is 13.5. The summed E-state index contributed by atoms with van der Waals surface area (Å²) in [6, 6.07) is 15.9. The van der Waals surface area contributed by atoms with Gasteiger partial charge in [-0.05, 0) is 48.4 Å². The topological polar surface area (TPSA) is 73.2 Å². The largest absolute Gasteiger partial charge is 0.496 e. The lowest BCUT2D eigenvalue weighted by Gasteiger charge is -2.10. The number of carbonyl (C=O) groups excluding carboxylic acids is 1. The minimum absolute atomic E-state index is 0.174. The molecule has 0 aliphatic heterocycles. The molecule has 0 radical (unpaired) electrons. The van der Waals surface area contributed by atoms with E-state index in [9.17, 15) is 9.59 Å². The number of carbonyl (C=O) groups is 1. The number of methoxy groups -OCH3 is 1. The van der Waals surface area contributed by atoms with Crippen molar-refractivity contribution in [2.45, 2.75) is 20.0 Å². The molecular weight excluding hydrogens is 378 g/mol. The molecule has 0 saturated carbocycles. The number of aromatic nitrogens is 2. The summed E-state index contributed by atoms with van der Waals surface area (Å²) in [4.78, 5) is 24.4. The van der Waals surface area contributed by atoms with Crippen LogP contribution in [0.15, 0.2) is 59.4 Å². The van der Waals surface area contributed by atoms with Gasteiger partial charge in [0.05, 0.1) is 12.8 Å². The third-order valence-electron chi connectivity index (χ3n) is 4.28. The van der Waals surface area contributed by atoms with Crippen LogP contribution in [0.2, 0.25) is 5.02 Å². The molecule has 3 aromatic rings. The lowest BCUT2D eigenvalue weighted by molar-refractivity contribution is -0.122. The molecule has 0 spiro atoms. The smallest absolute Gasteiger partial charge is 0.267 e. The van der Waals surface area contributed by atoms with Crippen LogP contribution in [0.4, 0.5) is 0 Å². The number of hydrogen-bond acceptors (Lipinski definition) is 4. The fraction of sp³-hybridized carbons (Fsp3) is 0.190. The second-order valence-electron chi connectivity index (χ2n) is 6.27. The van der Waals surface area contributed by atoms with Gasteiger partial charge in [0.25, 0.3) is 5.56 Å². The van der Waals surface area contributed by atoms with Gasteiger partial charge in [0.1, 0.15) is 12.3 Å². The van der Waals surface area contributed by atoms with E-state index in [1.165, 1.54) is 6.07 Å². The zero-order valence-electron chi connectivity index (χ0n) is 15.6. The monoisotopic (exact) mass is 397 g/mol. The molecule has 0 fully saturated rings. The van der Waals surface area contributed by atoms with Crippen LogP contribution in [0.25, 0.3) is 11.3 Å². The third kappa shape index (κ3) is 4.58. The van der Waals surface area contributed by atoms with E-state index >= 15 is 0 Å². The molecular formula is C21H20ClN3O3. The SMILES string of the molecule is COc1ccc(-c2ccc(=O)n(CC(=O)NCc3ccccc3Cl)n2)cc1C. The zero-order chi connectivity index (χ0) is 20.1. The molecule has 0 atom stereocenters. The van der Waals surface area contributed by atoms with Crippen molar-refractivity contribution >= 4 is 17.5 Å². The van der Waals surface area contributed by atoms with Gasteiger partial charge < -0.3 is 10.1 Å². The van der Waals surface area contributed by atoms with Crippen molar-refractivity contribution in [3.05, 3.63) is 81.1 Å². The first-order valence-electron chi connectivity index (χ1n) is 8.71. The molecule has 0 saturated heterocycles. The van der Waals surface area contributed by atoms with E-state index in [1.807, 2.05) is 43.3 Å². The first-order valence-corrected chi connectivity index (χ1v) is 9.09. The Morgan fingerprint density at radius 3 is 2.68 bits per heavy atom. The predicted molar refractivity (Wildman–Crippen MR) is 109 cm³/mol. The summed E-state index contributed by atoms with van der Waals surface area (Å²) >= 11 is 6.09. The normalized spacial score (nSPS) is 10.5. The molecule has 0 aliphatic carbocycles. The van der Waals surface area contributed by atoms with Crippen molar-refractivity contribution in [1.29, 1.82) is 0 Å². The van der Waals surface area contributed by atoms with Gasteiger partial charge in [0.2, 0.25) is 5.91 Å². The van der Waals surface area contributed by atoms with Crippen molar-refractivity contribution < 1.29 is 9.53 Å². The highest BCUT2D eigenvalue weighted by Crippen LogP contribution is 2.24. The van der Waals surface area contributed by atoms with Gasteiger partial charge in [-0.25, -0.2) is 4.68 Å². The standard InChI is InChI=1S/C21H20ClN3O3/c1-14-11-15(7-9-19(14)28-2)18-8-10-21(27)25(24-18)13-20(26)23-12-16-5-3-4-6-17(16)22/h3-11H,12-13H2,1-2H3,(H,23,26). The van der Waals surface area contributed by atoms with Crippen LogP contribution in [0, 0.1) is 6.92 Å². The molecule has 0 aliphatic rings. The maximum Gasteiger partial charge on any atom is 0.267 e. The minimum atomic E-state index is -0.345. The molecule has 1 N–H and O–H groups in total. The van der Waals surface area contributed by atoms with Crippen LogP contribution in [0.3, 0.4) is 0 Å². The van der Waals surface area contributed by atoms with Gasteiger partial charge in [0.15, 0.2) is 0 Å². The summed E-state index contributed by atoms with van der Waals surface area (Å²) in [6.45, 7) is 2.04. The highest BCUT2D eigenvalue weighted by atomic mass is 35.5. The van der Waals surface area contributed by atoms with Crippen LogP contribution in [0.5, 0.6) is 5.75 Å². The Bertz CT molecular complexity index is 1060. The highest BCUT2D eigenvalue weighted by Gasteiger charge is 2.10. The minimum Gasteiger partial charge on any atom is -0.496 e. The summed E-state index contributed by atoms with van der Waals surface area (Å²) in [5.41, 5.74) is 2.85. The maximum absolute atomic E-state index is 12.3. The van der Waals surface area contributed by atoms with Crippen LogP contribution in [-0.2, 0) is 17.9 Å². The molecule has 1 amide bonds. The van der Waals surface area contributed by atoms with Gasteiger partial charge in [-0.1, -0.05) is 29.8 Å². The van der Waals surface area contributed by atoms with Gasteiger partial charge in [-0.15, -0.1) is 0 Å². The molecule has 6 nitrogen and oxygen atoms in total. The van der Waals surface area contributed by atoms with Crippen molar-refractivity contribution in [2.24, 2.45) is 0 Å². The van der Waals surface area contributed by atoms with E-state index < -0.39 is 0 Å². The molecule has 0 bridgehead atoms. The Morgan fingerprint density at radius 2 is 1.96 bits per heavy atom. The van der Waals surface area contributed by atoms with Crippen molar-refractivity contribution in [3.63, 3.8) is 0 Å². The number of halogens is 1. The Hall–Kier alpha value is -3.12. The summed E-state index contributed by atoms with van der Waals surface area (Å²) < 4.78 is 6.41. The Morgan fingerprint density at radius 1 is 1.18 bits per heavy atom. The summed E-state index contributed by atoms with van der Waals surface area (Å²) in [7, 11) is 1.61. The molecule has 3 rings (SSSR count). The molecule has 7 heteroatoms. The van der Waals surface area contributed by atoms with Gasteiger partial charge in [0, 0.05) is 23.2 Å². The van der Waals surface area contributed by atoms with Crippen LogP contribution < -0.4 is 15.6 Å². The number of nitrogens with one attached hydrogen (secondary N) is 1. The Balaban J connectivity index is 1.74. The number of benzene rings is 2. The van der Waals surface area contributed by atoms with E-state index in [1.54, 1.807) is 19.2 Å². The predicted octanol–water partition coefficient (Wildman–Crippen LogP) is 3.20. The number of amides is 1. The second-order valence-corrected chi connectivity index (χ2v) is 6.67. The average molecular weight is 398 g/mol. The third-order valence-corrected chi connectivity index (χ3v) is 4.65. The van der Waals surface area contributed by atoms with Crippen LogP contribution >= 0.6 is 11.6 Å². The van der Waals surface area contributed by atoms with E-state index in [2.05, 4.69) is 10.4 Å². The molecule has 2 aromatic carbocycles. The molecule has 144 valence electrons. The van der Waals surface area contributed by atoms with Gasteiger partial charge in [-0.2, -0.15) is 5.10 Å². The average Bonchev–Trinajstić information content (AvgIpc) is 2.69. The van der Waals surface area contributed by atoms with Crippen molar-refractivity contribution in [2.75, 3.05) is 7.11 Å². The first kappa shape index (κ1) is 19.6. The molecule has 28 heavy (non-hydrogen) atoms. The highest BCUT2D eigenvalue weighted by molar-refractivity contribution is 6.31. The molecule has 0 unspecified atom stereocenters. The fourth-order valence-corrected chi connectivity index (χ4v) is 2.98. The quantitative estimate of drug-likeness (QED) is 0.693. The summed E-state index contributed by atoms with van der Waals surface area (Å²) in [6.07, 6.45) is 0. The fourth-order valence-electron chi connectivity index (χ4n) is 2.78. The van der Waals surface area contributed by atoms with Crippen LogP contribution in [0.1, 0.15) is 11.1 Å². The number of nitrogens with zero attached hydrogens (tertiary/aromatic N) is 2. The molecule has 1 aromatic heterocycles.